The van der Waals surface area contributed by atoms with Crippen LogP contribution in [0.3, 0.4) is 0 Å². The lowest BCUT2D eigenvalue weighted by atomic mass is 9.47. The van der Waals surface area contributed by atoms with Gasteiger partial charge in [-0.25, -0.2) is 4.98 Å². The van der Waals surface area contributed by atoms with E-state index in [1.165, 1.54) is 17.6 Å². The maximum absolute atomic E-state index is 12.9. The van der Waals surface area contributed by atoms with Crippen LogP contribution in [0, 0.1) is 16.7 Å². The fourth-order valence-corrected chi connectivity index (χ4v) is 7.03. The van der Waals surface area contributed by atoms with Gasteiger partial charge in [0.15, 0.2) is 10.9 Å². The summed E-state index contributed by atoms with van der Waals surface area (Å²) in [5.74, 6) is -0.317. The minimum atomic E-state index is -0.669. The molecule has 8 nitrogen and oxygen atoms in total. The van der Waals surface area contributed by atoms with Crippen LogP contribution in [0.4, 0.5) is 5.13 Å². The van der Waals surface area contributed by atoms with Gasteiger partial charge in [-0.15, -0.1) is 11.3 Å². The molecule has 4 N–H and O–H groups in total. The molecular formula is C24H31N3O5S. The molecule has 3 aliphatic carbocycles. The fraction of sp³-hybridized carbons (Fsp3) is 0.625. The predicted molar refractivity (Wildman–Crippen MR) is 123 cm³/mol. The predicted octanol–water partition coefficient (Wildman–Crippen LogP) is 3.07. The van der Waals surface area contributed by atoms with Gasteiger partial charge in [-0.1, -0.05) is 13.8 Å². The Balaban J connectivity index is 1.50. The third kappa shape index (κ3) is 3.90. The molecule has 2 aromatic heterocycles. The molecule has 0 bridgehead atoms. The number of carbonyl (C=O) groups is 2. The van der Waals surface area contributed by atoms with Crippen LogP contribution in [0.2, 0.25) is 0 Å². The molecule has 2 fully saturated rings. The van der Waals surface area contributed by atoms with Crippen molar-refractivity contribution in [2.45, 2.75) is 70.4 Å². The first-order valence-corrected chi connectivity index (χ1v) is 12.5. The van der Waals surface area contributed by atoms with Gasteiger partial charge < -0.3 is 19.9 Å². The first-order chi connectivity index (χ1) is 15.7. The molecule has 0 unspecified atom stereocenters. The molecule has 2 saturated carbocycles. The summed E-state index contributed by atoms with van der Waals surface area (Å²) in [5, 5.41) is 27.6. The highest BCUT2D eigenvalue weighted by molar-refractivity contribution is 7.15. The lowest BCUT2D eigenvalue weighted by Crippen LogP contribution is -2.57. The van der Waals surface area contributed by atoms with Crippen LogP contribution in [0.25, 0.3) is 0 Å². The second-order valence-corrected chi connectivity index (χ2v) is 11.4. The van der Waals surface area contributed by atoms with Crippen molar-refractivity contribution in [3.63, 3.8) is 0 Å². The number of aliphatic hydroxyl groups excluding tert-OH is 2. The molecule has 3 aliphatic rings. The number of fused-ring (bicyclic) bond motifs is 2. The van der Waals surface area contributed by atoms with E-state index in [1.807, 2.05) is 6.92 Å². The van der Waals surface area contributed by atoms with Gasteiger partial charge >= 0.3 is 0 Å². The number of amides is 2. The molecule has 178 valence electrons. The first-order valence-electron chi connectivity index (χ1n) is 11.7. The third-order valence-corrected chi connectivity index (χ3v) is 9.20. The van der Waals surface area contributed by atoms with Crippen LogP contribution in [-0.4, -0.2) is 45.8 Å². The number of aromatic nitrogens is 1. The Kier molecular flexibility index (Phi) is 5.61. The van der Waals surface area contributed by atoms with Crippen molar-refractivity contribution in [3.05, 3.63) is 34.7 Å². The van der Waals surface area contributed by atoms with E-state index in [9.17, 15) is 19.8 Å². The number of hydrogen-bond donors (Lipinski definition) is 4. The summed E-state index contributed by atoms with van der Waals surface area (Å²) in [6.45, 7) is 4.01. The van der Waals surface area contributed by atoms with Gasteiger partial charge in [0.05, 0.1) is 24.7 Å². The number of rotatable bonds is 6. The van der Waals surface area contributed by atoms with Crippen molar-refractivity contribution in [2.75, 3.05) is 11.9 Å². The Morgan fingerprint density at radius 1 is 1.30 bits per heavy atom. The molecule has 5 rings (SSSR count). The molecule has 2 heterocycles. The number of hydrogen-bond acceptors (Lipinski definition) is 7. The number of thiazole rings is 1. The first kappa shape index (κ1) is 22.6. The Bertz CT molecular complexity index is 1050. The average Bonchev–Trinajstić information content (AvgIpc) is 3.25. The number of furan rings is 1. The molecule has 0 saturated heterocycles. The standard InChI is InChI=1S/C24H31N3O5S/c1-23-8-7-18(29)24(2,12-28)17(23)11-16-20(14(23)10-19(30)25-13-5-6-13)26-22(33-16)27-21(31)15-4-3-9-32-15/h3-4,9,13-14,17-18,28-29H,5-8,10-12H2,1-2H3,(H,25,30)(H,26,27,31)/t14-,17+,18-,23+,24+/m1/s1. The van der Waals surface area contributed by atoms with Crippen molar-refractivity contribution < 1.29 is 24.2 Å². The van der Waals surface area contributed by atoms with Gasteiger partial charge in [0.2, 0.25) is 5.91 Å². The SMILES string of the molecule is C[C@]1(CO)[C@H]2Cc3sc(NC(=O)c4ccco4)nc3[C@@H](CC(=O)NC3CC3)[C@]2(C)CC[C@H]1O. The molecule has 33 heavy (non-hydrogen) atoms. The van der Waals surface area contributed by atoms with Crippen LogP contribution in [0.15, 0.2) is 22.8 Å². The number of nitrogens with zero attached hydrogens (tertiary/aromatic N) is 1. The minimum absolute atomic E-state index is 0.0148. The highest BCUT2D eigenvalue weighted by Gasteiger charge is 2.59. The summed E-state index contributed by atoms with van der Waals surface area (Å²) < 4.78 is 5.19. The van der Waals surface area contributed by atoms with Crippen molar-refractivity contribution in [2.24, 2.45) is 16.7 Å². The molecule has 5 atom stereocenters. The van der Waals surface area contributed by atoms with E-state index in [4.69, 9.17) is 9.40 Å². The summed E-state index contributed by atoms with van der Waals surface area (Å²) in [5.41, 5.74) is -0.116. The van der Waals surface area contributed by atoms with Crippen molar-refractivity contribution in [1.29, 1.82) is 0 Å². The van der Waals surface area contributed by atoms with E-state index in [0.29, 0.717) is 24.4 Å². The van der Waals surface area contributed by atoms with Crippen molar-refractivity contribution in [3.8, 4) is 0 Å². The van der Waals surface area contributed by atoms with Crippen LogP contribution in [0.1, 0.15) is 73.0 Å². The Morgan fingerprint density at radius 3 is 2.76 bits per heavy atom. The molecule has 0 radical (unpaired) electrons. The second-order valence-electron chi connectivity index (χ2n) is 10.3. The van der Waals surface area contributed by atoms with Gasteiger partial charge in [0.25, 0.3) is 5.91 Å². The Morgan fingerprint density at radius 2 is 2.09 bits per heavy atom. The van der Waals surface area contributed by atoms with Gasteiger partial charge in [-0.3, -0.25) is 14.9 Å². The fourth-order valence-electron chi connectivity index (χ4n) is 5.97. The van der Waals surface area contributed by atoms with Crippen molar-refractivity contribution in [1.82, 2.24) is 10.3 Å². The Labute approximate surface area is 196 Å². The van der Waals surface area contributed by atoms with Crippen LogP contribution >= 0.6 is 11.3 Å². The third-order valence-electron chi connectivity index (χ3n) is 8.19. The molecule has 0 aromatic carbocycles. The Hall–Kier alpha value is -2.23. The highest BCUT2D eigenvalue weighted by Crippen LogP contribution is 2.62. The quantitative estimate of drug-likeness (QED) is 0.511. The smallest absolute Gasteiger partial charge is 0.293 e. The topological polar surface area (TPSA) is 125 Å². The summed E-state index contributed by atoms with van der Waals surface area (Å²) in [4.78, 5) is 31.2. The van der Waals surface area contributed by atoms with Gasteiger partial charge in [0.1, 0.15) is 0 Å². The summed E-state index contributed by atoms with van der Waals surface area (Å²) in [6.07, 6.45) is 5.18. The maximum atomic E-state index is 12.9. The number of aliphatic hydroxyl groups is 2. The van der Waals surface area contributed by atoms with Gasteiger partial charge in [-0.2, -0.15) is 0 Å². The minimum Gasteiger partial charge on any atom is -0.459 e. The molecule has 0 spiro atoms. The average molecular weight is 474 g/mol. The second kappa shape index (κ2) is 8.21. The molecular weight excluding hydrogens is 442 g/mol. The molecule has 2 amide bonds. The van der Waals surface area contributed by atoms with E-state index < -0.39 is 11.5 Å². The highest BCUT2D eigenvalue weighted by atomic mass is 32.1. The summed E-state index contributed by atoms with van der Waals surface area (Å²) in [7, 11) is 0. The van der Waals surface area contributed by atoms with E-state index in [0.717, 1.165) is 29.8 Å². The number of nitrogens with one attached hydrogen (secondary N) is 2. The number of anilines is 1. The monoisotopic (exact) mass is 473 g/mol. The lowest BCUT2D eigenvalue weighted by molar-refractivity contribution is -0.144. The van der Waals surface area contributed by atoms with Crippen LogP contribution < -0.4 is 10.6 Å². The van der Waals surface area contributed by atoms with Gasteiger partial charge in [0, 0.05) is 28.7 Å². The maximum Gasteiger partial charge on any atom is 0.293 e. The largest absolute Gasteiger partial charge is 0.459 e. The molecule has 9 heteroatoms. The van der Waals surface area contributed by atoms with E-state index in [2.05, 4.69) is 17.6 Å². The normalized spacial score (nSPS) is 33.2. The zero-order chi connectivity index (χ0) is 23.4. The van der Waals surface area contributed by atoms with Crippen LogP contribution in [-0.2, 0) is 11.2 Å². The summed E-state index contributed by atoms with van der Waals surface area (Å²) >= 11 is 1.41. The van der Waals surface area contributed by atoms with E-state index in [1.54, 1.807) is 12.1 Å². The molecule has 2 aromatic rings. The summed E-state index contributed by atoms with van der Waals surface area (Å²) in [6, 6.07) is 3.53. The van der Waals surface area contributed by atoms with E-state index in [-0.39, 0.29) is 47.5 Å². The zero-order valence-corrected chi connectivity index (χ0v) is 19.8. The lowest BCUT2D eigenvalue weighted by Gasteiger charge is -2.58. The van der Waals surface area contributed by atoms with Crippen molar-refractivity contribution >= 4 is 28.3 Å². The number of carbonyl (C=O) groups excluding carboxylic acids is 2. The molecule has 0 aliphatic heterocycles. The van der Waals surface area contributed by atoms with Gasteiger partial charge in [-0.05, 0) is 55.6 Å². The van der Waals surface area contributed by atoms with E-state index >= 15 is 0 Å². The van der Waals surface area contributed by atoms with Crippen LogP contribution in [0.5, 0.6) is 0 Å². The zero-order valence-electron chi connectivity index (χ0n) is 19.0.